The maximum absolute atomic E-state index is 13.6. The lowest BCUT2D eigenvalue weighted by Crippen LogP contribution is -2.37. The number of hydrogen-bond donors (Lipinski definition) is 3. The molecule has 0 spiro atoms. The highest BCUT2D eigenvalue weighted by Crippen LogP contribution is 2.31. The second kappa shape index (κ2) is 4.83. The lowest BCUT2D eigenvalue weighted by atomic mass is 9.83. The van der Waals surface area contributed by atoms with Crippen LogP contribution in [-0.4, -0.2) is 15.5 Å². The number of hydrazine groups is 1. The molecule has 1 saturated carbocycles. The smallest absolute Gasteiger partial charge is 0.239 e. The third-order valence-electron chi connectivity index (χ3n) is 3.25. The summed E-state index contributed by atoms with van der Waals surface area (Å²) in [4.78, 5) is 7.71. The Hall–Kier alpha value is -1.43. The predicted octanol–water partition coefficient (Wildman–Crippen LogP) is 2.04. The summed E-state index contributed by atoms with van der Waals surface area (Å²) in [6.07, 6.45) is 6.76. The van der Waals surface area contributed by atoms with Crippen LogP contribution in [0.25, 0.3) is 0 Å². The number of aromatic nitrogens is 2. The van der Waals surface area contributed by atoms with Crippen LogP contribution in [0, 0.1) is 5.82 Å². The molecule has 0 atom stereocenters. The fourth-order valence-electron chi connectivity index (χ4n) is 2.27. The SMILES string of the molecule is CC1(Nc2nc(NN)ncc2F)CCCCC1. The van der Waals surface area contributed by atoms with Gasteiger partial charge in [-0.05, 0) is 19.8 Å². The first-order chi connectivity index (χ1) is 8.13. The molecule has 0 radical (unpaired) electrons. The Bertz CT molecular complexity index is 389. The van der Waals surface area contributed by atoms with Gasteiger partial charge in [-0.25, -0.2) is 15.2 Å². The summed E-state index contributed by atoms with van der Waals surface area (Å²) in [6, 6.07) is 0. The van der Waals surface area contributed by atoms with E-state index >= 15 is 0 Å². The first-order valence-corrected chi connectivity index (χ1v) is 5.90. The summed E-state index contributed by atoms with van der Waals surface area (Å²) < 4.78 is 13.6. The lowest BCUT2D eigenvalue weighted by Gasteiger charge is -2.35. The van der Waals surface area contributed by atoms with Crippen LogP contribution in [0.15, 0.2) is 6.20 Å². The van der Waals surface area contributed by atoms with Gasteiger partial charge < -0.3 is 5.32 Å². The molecule has 94 valence electrons. The molecule has 1 aromatic rings. The van der Waals surface area contributed by atoms with Gasteiger partial charge in [0.2, 0.25) is 5.95 Å². The average Bonchev–Trinajstić information content (AvgIpc) is 2.33. The van der Waals surface area contributed by atoms with Gasteiger partial charge in [0.15, 0.2) is 11.6 Å². The number of nitrogens with two attached hydrogens (primary N) is 1. The summed E-state index contributed by atoms with van der Waals surface area (Å²) in [6.45, 7) is 2.10. The van der Waals surface area contributed by atoms with Crippen LogP contribution in [0.5, 0.6) is 0 Å². The minimum absolute atomic E-state index is 0.0840. The molecule has 0 amide bonds. The van der Waals surface area contributed by atoms with Crippen LogP contribution in [0.3, 0.4) is 0 Å². The molecule has 5 nitrogen and oxygen atoms in total. The molecule has 1 aliphatic rings. The van der Waals surface area contributed by atoms with Crippen molar-refractivity contribution in [3.05, 3.63) is 12.0 Å². The largest absolute Gasteiger partial charge is 0.362 e. The summed E-state index contributed by atoms with van der Waals surface area (Å²) in [5.74, 6) is 5.20. The molecule has 0 aromatic carbocycles. The number of rotatable bonds is 3. The highest BCUT2D eigenvalue weighted by molar-refractivity contribution is 5.42. The van der Waals surface area contributed by atoms with E-state index in [0.29, 0.717) is 0 Å². The van der Waals surface area contributed by atoms with Gasteiger partial charge >= 0.3 is 0 Å². The Morgan fingerprint density at radius 3 is 2.71 bits per heavy atom. The van der Waals surface area contributed by atoms with Crippen molar-refractivity contribution in [1.29, 1.82) is 0 Å². The second-order valence-corrected chi connectivity index (χ2v) is 4.78. The predicted molar refractivity (Wildman–Crippen MR) is 64.9 cm³/mol. The zero-order valence-electron chi connectivity index (χ0n) is 9.96. The molecule has 1 aromatic heterocycles. The molecular formula is C11H18FN5. The van der Waals surface area contributed by atoms with Crippen molar-refractivity contribution in [3.63, 3.8) is 0 Å². The lowest BCUT2D eigenvalue weighted by molar-refractivity contribution is 0.347. The van der Waals surface area contributed by atoms with Gasteiger partial charge in [0.25, 0.3) is 0 Å². The minimum atomic E-state index is -0.448. The van der Waals surface area contributed by atoms with Crippen molar-refractivity contribution in [1.82, 2.24) is 9.97 Å². The molecule has 0 aliphatic heterocycles. The summed E-state index contributed by atoms with van der Waals surface area (Å²) in [7, 11) is 0. The molecule has 0 saturated heterocycles. The molecule has 0 bridgehead atoms. The van der Waals surface area contributed by atoms with E-state index in [2.05, 4.69) is 27.6 Å². The van der Waals surface area contributed by atoms with E-state index in [9.17, 15) is 4.39 Å². The topological polar surface area (TPSA) is 75.9 Å². The zero-order chi connectivity index (χ0) is 12.3. The summed E-state index contributed by atoms with van der Waals surface area (Å²) in [5, 5.41) is 3.18. The number of halogens is 1. The minimum Gasteiger partial charge on any atom is -0.362 e. The van der Waals surface area contributed by atoms with Gasteiger partial charge in [-0.2, -0.15) is 4.98 Å². The normalized spacial score (nSPS) is 18.8. The highest BCUT2D eigenvalue weighted by atomic mass is 19.1. The molecule has 17 heavy (non-hydrogen) atoms. The number of nitrogens with one attached hydrogen (secondary N) is 2. The van der Waals surface area contributed by atoms with E-state index in [0.717, 1.165) is 31.9 Å². The first-order valence-electron chi connectivity index (χ1n) is 5.90. The molecule has 1 heterocycles. The van der Waals surface area contributed by atoms with Crippen molar-refractivity contribution in [2.75, 3.05) is 10.7 Å². The highest BCUT2D eigenvalue weighted by Gasteiger charge is 2.27. The standard InChI is InChI=1S/C11H18FN5/c1-11(5-3-2-4-6-11)16-9-8(12)7-14-10(15-9)17-13/h7H,2-6,13H2,1H3,(H2,14,15,16,17). The van der Waals surface area contributed by atoms with Crippen molar-refractivity contribution in [3.8, 4) is 0 Å². The van der Waals surface area contributed by atoms with Gasteiger partial charge in [-0.15, -0.1) is 0 Å². The second-order valence-electron chi connectivity index (χ2n) is 4.78. The number of nitrogens with zero attached hydrogens (tertiary/aromatic N) is 2. The van der Waals surface area contributed by atoms with Crippen molar-refractivity contribution in [2.45, 2.75) is 44.6 Å². The zero-order valence-corrected chi connectivity index (χ0v) is 9.96. The van der Waals surface area contributed by atoms with Gasteiger partial charge in [0, 0.05) is 5.54 Å². The van der Waals surface area contributed by atoms with Crippen LogP contribution in [0.4, 0.5) is 16.2 Å². The number of nitrogen functional groups attached to an aromatic ring is 1. The van der Waals surface area contributed by atoms with Gasteiger partial charge in [-0.1, -0.05) is 19.3 Å². The van der Waals surface area contributed by atoms with E-state index < -0.39 is 5.82 Å². The van der Waals surface area contributed by atoms with Crippen LogP contribution in [0.1, 0.15) is 39.0 Å². The molecule has 1 fully saturated rings. The molecule has 4 N–H and O–H groups in total. The Morgan fingerprint density at radius 1 is 1.35 bits per heavy atom. The van der Waals surface area contributed by atoms with Crippen molar-refractivity contribution < 1.29 is 4.39 Å². The Kier molecular flexibility index (Phi) is 3.42. The van der Waals surface area contributed by atoms with Crippen LogP contribution in [-0.2, 0) is 0 Å². The fourth-order valence-corrected chi connectivity index (χ4v) is 2.27. The quantitative estimate of drug-likeness (QED) is 0.556. The third-order valence-corrected chi connectivity index (χ3v) is 3.25. The molecular weight excluding hydrogens is 221 g/mol. The Morgan fingerprint density at radius 2 is 2.06 bits per heavy atom. The van der Waals surface area contributed by atoms with E-state index in [1.54, 1.807) is 0 Å². The summed E-state index contributed by atoms with van der Waals surface area (Å²) in [5.41, 5.74) is 2.23. The maximum atomic E-state index is 13.6. The fraction of sp³-hybridized carbons (Fsp3) is 0.636. The van der Waals surface area contributed by atoms with Gasteiger partial charge in [0.1, 0.15) is 0 Å². The average molecular weight is 239 g/mol. The van der Waals surface area contributed by atoms with Gasteiger partial charge in [0.05, 0.1) is 6.20 Å². The Balaban J connectivity index is 2.16. The van der Waals surface area contributed by atoms with Crippen LogP contribution in [0.2, 0.25) is 0 Å². The van der Waals surface area contributed by atoms with E-state index in [4.69, 9.17) is 5.84 Å². The molecule has 2 rings (SSSR count). The van der Waals surface area contributed by atoms with Crippen molar-refractivity contribution >= 4 is 11.8 Å². The van der Waals surface area contributed by atoms with Gasteiger partial charge in [-0.3, -0.25) is 5.43 Å². The van der Waals surface area contributed by atoms with Crippen LogP contribution < -0.4 is 16.6 Å². The summed E-state index contributed by atoms with van der Waals surface area (Å²) >= 11 is 0. The Labute approximate surface area is 100.0 Å². The molecule has 1 aliphatic carbocycles. The number of hydrogen-bond acceptors (Lipinski definition) is 5. The maximum Gasteiger partial charge on any atom is 0.239 e. The van der Waals surface area contributed by atoms with Crippen molar-refractivity contribution in [2.24, 2.45) is 5.84 Å². The van der Waals surface area contributed by atoms with E-state index in [1.165, 1.54) is 6.42 Å². The van der Waals surface area contributed by atoms with E-state index in [1.807, 2.05) is 0 Å². The first kappa shape index (κ1) is 12.0. The number of anilines is 2. The molecule has 6 heteroatoms. The third kappa shape index (κ3) is 2.82. The van der Waals surface area contributed by atoms with Crippen LogP contribution >= 0.6 is 0 Å². The molecule has 0 unspecified atom stereocenters. The van der Waals surface area contributed by atoms with E-state index in [-0.39, 0.29) is 17.3 Å². The monoisotopic (exact) mass is 239 g/mol.